The molecular formula is C18H28N2. The molecule has 0 amide bonds. The molecule has 2 heteroatoms. The summed E-state index contributed by atoms with van der Waals surface area (Å²) in [6, 6.07) is 11.1. The first-order chi connectivity index (χ1) is 9.85. The lowest BCUT2D eigenvalue weighted by Crippen LogP contribution is -2.45. The van der Waals surface area contributed by atoms with Crippen LogP contribution in [0.1, 0.15) is 56.2 Å². The molecule has 1 aromatic carbocycles. The van der Waals surface area contributed by atoms with E-state index in [9.17, 15) is 0 Å². The zero-order valence-corrected chi connectivity index (χ0v) is 12.9. The van der Waals surface area contributed by atoms with Crippen LogP contribution in [0.4, 0.5) is 0 Å². The number of aryl methyl sites for hydroxylation is 1. The third-order valence-electron chi connectivity index (χ3n) is 4.96. The number of nitrogens with one attached hydrogen (secondary N) is 1. The van der Waals surface area contributed by atoms with Gasteiger partial charge in [0.1, 0.15) is 0 Å². The zero-order chi connectivity index (χ0) is 13.9. The lowest BCUT2D eigenvalue weighted by molar-refractivity contribution is 0.142. The van der Waals surface area contributed by atoms with E-state index in [0.29, 0.717) is 12.1 Å². The fourth-order valence-corrected chi connectivity index (χ4v) is 3.93. The Balaban J connectivity index is 1.89. The standard InChI is InChI=1S/C18H28N2/c1-3-13-20(15-11-12-15)17-10-6-8-14-7-4-5-9-16(14)18(17)19-2/h4-5,7,9,15,17-19H,3,6,8,10-13H2,1-2H3. The molecule has 1 aromatic rings. The van der Waals surface area contributed by atoms with Gasteiger partial charge >= 0.3 is 0 Å². The first-order valence-electron chi connectivity index (χ1n) is 8.36. The van der Waals surface area contributed by atoms with Crippen LogP contribution in [0.15, 0.2) is 24.3 Å². The number of benzene rings is 1. The fourth-order valence-electron chi connectivity index (χ4n) is 3.93. The molecule has 2 nitrogen and oxygen atoms in total. The Morgan fingerprint density at radius 1 is 1.20 bits per heavy atom. The average molecular weight is 272 g/mol. The molecule has 110 valence electrons. The normalized spacial score (nSPS) is 26.4. The van der Waals surface area contributed by atoms with E-state index >= 15 is 0 Å². The van der Waals surface area contributed by atoms with Crippen molar-refractivity contribution in [2.24, 2.45) is 0 Å². The molecule has 1 fully saturated rings. The SMILES string of the molecule is CCCN(C1CC1)C1CCCc2ccccc2C1NC. The quantitative estimate of drug-likeness (QED) is 0.825. The lowest BCUT2D eigenvalue weighted by atomic mass is 9.95. The number of likely N-dealkylation sites (N-methyl/N-ethyl adjacent to an activating group) is 1. The van der Waals surface area contributed by atoms with Crippen LogP contribution in [0, 0.1) is 0 Å². The van der Waals surface area contributed by atoms with Crippen LogP contribution in [-0.2, 0) is 6.42 Å². The highest BCUT2D eigenvalue weighted by Crippen LogP contribution is 2.37. The molecule has 1 saturated carbocycles. The second-order valence-corrected chi connectivity index (χ2v) is 6.39. The van der Waals surface area contributed by atoms with Crippen LogP contribution in [0.5, 0.6) is 0 Å². The highest BCUT2D eigenvalue weighted by Gasteiger charge is 2.38. The van der Waals surface area contributed by atoms with Gasteiger partial charge in [0.25, 0.3) is 0 Å². The molecule has 20 heavy (non-hydrogen) atoms. The van der Waals surface area contributed by atoms with E-state index in [-0.39, 0.29) is 0 Å². The molecular weight excluding hydrogens is 244 g/mol. The molecule has 2 aliphatic carbocycles. The maximum absolute atomic E-state index is 3.63. The number of nitrogens with zero attached hydrogens (tertiary/aromatic N) is 1. The van der Waals surface area contributed by atoms with Crippen molar-refractivity contribution < 1.29 is 0 Å². The summed E-state index contributed by atoms with van der Waals surface area (Å²) in [5.41, 5.74) is 3.10. The summed E-state index contributed by atoms with van der Waals surface area (Å²) in [5.74, 6) is 0. The lowest BCUT2D eigenvalue weighted by Gasteiger charge is -2.37. The Hall–Kier alpha value is -0.860. The Morgan fingerprint density at radius 3 is 2.70 bits per heavy atom. The Labute approximate surface area is 123 Å². The van der Waals surface area contributed by atoms with Gasteiger partial charge in [-0.05, 0) is 63.2 Å². The van der Waals surface area contributed by atoms with Gasteiger partial charge in [-0.3, -0.25) is 4.90 Å². The van der Waals surface area contributed by atoms with Crippen molar-refractivity contribution in [3.8, 4) is 0 Å². The molecule has 0 bridgehead atoms. The van der Waals surface area contributed by atoms with Gasteiger partial charge in [0.15, 0.2) is 0 Å². The zero-order valence-electron chi connectivity index (χ0n) is 12.9. The average Bonchev–Trinajstić information content (AvgIpc) is 3.30. The number of hydrogen-bond acceptors (Lipinski definition) is 2. The van der Waals surface area contributed by atoms with Gasteiger partial charge in [0.2, 0.25) is 0 Å². The molecule has 0 aliphatic heterocycles. The van der Waals surface area contributed by atoms with Gasteiger partial charge < -0.3 is 5.32 Å². The van der Waals surface area contributed by atoms with Crippen molar-refractivity contribution in [3.05, 3.63) is 35.4 Å². The van der Waals surface area contributed by atoms with Crippen LogP contribution >= 0.6 is 0 Å². The van der Waals surface area contributed by atoms with Gasteiger partial charge in [-0.1, -0.05) is 31.2 Å². The topological polar surface area (TPSA) is 15.3 Å². The van der Waals surface area contributed by atoms with Gasteiger partial charge in [-0.25, -0.2) is 0 Å². The van der Waals surface area contributed by atoms with E-state index in [1.165, 1.54) is 45.1 Å². The third-order valence-corrected chi connectivity index (χ3v) is 4.96. The predicted molar refractivity (Wildman–Crippen MR) is 85.0 cm³/mol. The summed E-state index contributed by atoms with van der Waals surface area (Å²) in [6.07, 6.45) is 7.99. The molecule has 2 atom stereocenters. The van der Waals surface area contributed by atoms with Crippen LogP contribution in [-0.4, -0.2) is 30.6 Å². The summed E-state index contributed by atoms with van der Waals surface area (Å²) in [4.78, 5) is 2.81. The molecule has 2 aliphatic rings. The number of hydrogen-bond donors (Lipinski definition) is 1. The Morgan fingerprint density at radius 2 is 2.00 bits per heavy atom. The molecule has 2 unspecified atom stereocenters. The minimum atomic E-state index is 0.501. The number of fused-ring (bicyclic) bond motifs is 1. The second kappa shape index (κ2) is 6.28. The summed E-state index contributed by atoms with van der Waals surface area (Å²) in [5, 5.41) is 3.63. The molecule has 3 rings (SSSR count). The second-order valence-electron chi connectivity index (χ2n) is 6.39. The molecule has 0 radical (unpaired) electrons. The van der Waals surface area contributed by atoms with Crippen molar-refractivity contribution in [2.75, 3.05) is 13.6 Å². The van der Waals surface area contributed by atoms with E-state index in [2.05, 4.69) is 48.5 Å². The molecule has 0 spiro atoms. The monoisotopic (exact) mass is 272 g/mol. The first kappa shape index (κ1) is 14.1. The highest BCUT2D eigenvalue weighted by molar-refractivity contribution is 5.32. The van der Waals surface area contributed by atoms with E-state index in [4.69, 9.17) is 0 Å². The molecule has 0 aromatic heterocycles. The van der Waals surface area contributed by atoms with E-state index in [1.807, 2.05) is 0 Å². The summed E-state index contributed by atoms with van der Waals surface area (Å²) in [6.45, 7) is 3.57. The predicted octanol–water partition coefficient (Wildman–Crippen LogP) is 3.53. The summed E-state index contributed by atoms with van der Waals surface area (Å²) in [7, 11) is 2.14. The van der Waals surface area contributed by atoms with E-state index < -0.39 is 0 Å². The first-order valence-corrected chi connectivity index (χ1v) is 8.36. The van der Waals surface area contributed by atoms with Crippen molar-refractivity contribution in [1.29, 1.82) is 0 Å². The molecule has 0 heterocycles. The van der Waals surface area contributed by atoms with Gasteiger partial charge in [0, 0.05) is 18.1 Å². The van der Waals surface area contributed by atoms with Crippen LogP contribution in [0.2, 0.25) is 0 Å². The number of rotatable bonds is 5. The summed E-state index contributed by atoms with van der Waals surface area (Å²) < 4.78 is 0. The van der Waals surface area contributed by atoms with Crippen molar-refractivity contribution >= 4 is 0 Å². The minimum absolute atomic E-state index is 0.501. The third kappa shape index (κ3) is 2.77. The smallest absolute Gasteiger partial charge is 0.0478 e. The van der Waals surface area contributed by atoms with E-state index in [1.54, 1.807) is 11.1 Å². The highest BCUT2D eigenvalue weighted by atomic mass is 15.2. The van der Waals surface area contributed by atoms with Crippen molar-refractivity contribution in [1.82, 2.24) is 10.2 Å². The van der Waals surface area contributed by atoms with Gasteiger partial charge in [0.05, 0.1) is 0 Å². The van der Waals surface area contributed by atoms with Crippen molar-refractivity contribution in [3.63, 3.8) is 0 Å². The maximum atomic E-state index is 3.63. The van der Waals surface area contributed by atoms with Gasteiger partial charge in [-0.2, -0.15) is 0 Å². The summed E-state index contributed by atoms with van der Waals surface area (Å²) >= 11 is 0. The largest absolute Gasteiger partial charge is 0.312 e. The molecule has 0 saturated heterocycles. The van der Waals surface area contributed by atoms with Crippen molar-refractivity contribution in [2.45, 2.75) is 63.6 Å². The van der Waals surface area contributed by atoms with Gasteiger partial charge in [-0.15, -0.1) is 0 Å². The Kier molecular flexibility index (Phi) is 4.42. The Bertz CT molecular complexity index is 439. The minimum Gasteiger partial charge on any atom is -0.312 e. The van der Waals surface area contributed by atoms with Crippen LogP contribution in [0.3, 0.4) is 0 Å². The fraction of sp³-hybridized carbons (Fsp3) is 0.667. The van der Waals surface area contributed by atoms with Crippen LogP contribution < -0.4 is 5.32 Å². The maximum Gasteiger partial charge on any atom is 0.0478 e. The van der Waals surface area contributed by atoms with E-state index in [0.717, 1.165) is 6.04 Å². The van der Waals surface area contributed by atoms with Crippen LogP contribution in [0.25, 0.3) is 0 Å². The molecule has 1 N–H and O–H groups in total.